The molecule has 0 radical (unpaired) electrons. The van der Waals surface area contributed by atoms with E-state index in [0.717, 1.165) is 24.8 Å². The van der Waals surface area contributed by atoms with Crippen LogP contribution in [0.25, 0.3) is 0 Å². The van der Waals surface area contributed by atoms with E-state index >= 15 is 0 Å². The van der Waals surface area contributed by atoms with Gasteiger partial charge in [0, 0.05) is 25.6 Å². The summed E-state index contributed by atoms with van der Waals surface area (Å²) in [6.45, 7) is 4.05. The summed E-state index contributed by atoms with van der Waals surface area (Å²) in [6, 6.07) is 3.77. The highest BCUT2D eigenvalue weighted by Gasteiger charge is 2.46. The number of hydrogen-bond acceptors (Lipinski definition) is 3. The van der Waals surface area contributed by atoms with Crippen LogP contribution in [0, 0.1) is 23.7 Å². The fraction of sp³-hybridized carbons (Fsp3) is 0.706. The fourth-order valence-electron chi connectivity index (χ4n) is 4.27. The van der Waals surface area contributed by atoms with Gasteiger partial charge in [0.25, 0.3) is 0 Å². The van der Waals surface area contributed by atoms with Gasteiger partial charge in [-0.3, -0.25) is 4.79 Å². The van der Waals surface area contributed by atoms with E-state index in [1.807, 2.05) is 12.1 Å². The van der Waals surface area contributed by atoms with Crippen molar-refractivity contribution in [2.75, 3.05) is 19.6 Å². The van der Waals surface area contributed by atoms with Crippen molar-refractivity contribution < 1.29 is 9.21 Å². The van der Waals surface area contributed by atoms with Crippen LogP contribution < -0.4 is 5.32 Å². The molecule has 4 heteroatoms. The SMILES string of the molecule is O=C(NCc1ccco1)C1[C@H]2CC[C@H]1CN(CC1CC1)C2. The highest BCUT2D eigenvalue weighted by Crippen LogP contribution is 2.43. The standard InChI is InChI=1S/C17H24N2O2/c20-17(18-8-15-2-1-7-21-15)16-13-5-6-14(16)11-19(10-13)9-12-3-4-12/h1-2,7,12-14,16H,3-6,8-11H2,(H,18,20)/t13-,14-/m0/s1. The van der Waals surface area contributed by atoms with Gasteiger partial charge in [-0.2, -0.15) is 0 Å². The van der Waals surface area contributed by atoms with Crippen LogP contribution in [-0.4, -0.2) is 30.4 Å². The maximum atomic E-state index is 12.5. The molecule has 1 N–H and O–H groups in total. The van der Waals surface area contributed by atoms with E-state index in [0.29, 0.717) is 18.4 Å². The molecular weight excluding hydrogens is 264 g/mol. The second-order valence-corrected chi connectivity index (χ2v) is 7.08. The van der Waals surface area contributed by atoms with Crippen LogP contribution >= 0.6 is 0 Å². The summed E-state index contributed by atoms with van der Waals surface area (Å²) in [5, 5.41) is 3.07. The molecule has 0 spiro atoms. The number of rotatable bonds is 5. The molecule has 0 unspecified atom stereocenters. The number of likely N-dealkylation sites (tertiary alicyclic amines) is 1. The van der Waals surface area contributed by atoms with E-state index in [4.69, 9.17) is 4.42 Å². The molecule has 1 aliphatic heterocycles. The highest BCUT2D eigenvalue weighted by molar-refractivity contribution is 5.79. The predicted molar refractivity (Wildman–Crippen MR) is 79.4 cm³/mol. The van der Waals surface area contributed by atoms with Crippen molar-refractivity contribution in [3.05, 3.63) is 24.2 Å². The first-order valence-electron chi connectivity index (χ1n) is 8.32. The summed E-state index contributed by atoms with van der Waals surface area (Å²) in [7, 11) is 0. The molecule has 1 saturated heterocycles. The molecule has 21 heavy (non-hydrogen) atoms. The average Bonchev–Trinajstić information content (AvgIpc) is 3.05. The quantitative estimate of drug-likeness (QED) is 0.904. The Kier molecular flexibility index (Phi) is 3.49. The third-order valence-electron chi connectivity index (χ3n) is 5.44. The molecule has 3 fully saturated rings. The Morgan fingerprint density at radius 1 is 1.24 bits per heavy atom. The number of carbonyl (C=O) groups excluding carboxylic acids is 1. The van der Waals surface area contributed by atoms with Crippen molar-refractivity contribution in [2.24, 2.45) is 23.7 Å². The first-order chi connectivity index (χ1) is 10.3. The van der Waals surface area contributed by atoms with Crippen molar-refractivity contribution in [1.82, 2.24) is 10.2 Å². The molecule has 4 nitrogen and oxygen atoms in total. The number of piperidine rings is 1. The van der Waals surface area contributed by atoms with Crippen LogP contribution in [0.4, 0.5) is 0 Å². The van der Waals surface area contributed by atoms with Crippen LogP contribution in [0.2, 0.25) is 0 Å². The lowest BCUT2D eigenvalue weighted by Crippen LogP contribution is -2.48. The zero-order valence-corrected chi connectivity index (χ0v) is 12.5. The lowest BCUT2D eigenvalue weighted by Gasteiger charge is -2.37. The highest BCUT2D eigenvalue weighted by atomic mass is 16.3. The van der Waals surface area contributed by atoms with Crippen LogP contribution in [0.1, 0.15) is 31.4 Å². The Hall–Kier alpha value is -1.29. The molecule has 0 aromatic carbocycles. The van der Waals surface area contributed by atoms with Gasteiger partial charge in [0.1, 0.15) is 5.76 Å². The maximum Gasteiger partial charge on any atom is 0.224 e. The number of hydrogen-bond donors (Lipinski definition) is 1. The second-order valence-electron chi connectivity index (χ2n) is 7.08. The number of carbonyl (C=O) groups is 1. The van der Waals surface area contributed by atoms with Crippen LogP contribution in [0.3, 0.4) is 0 Å². The molecule has 2 aliphatic carbocycles. The Bertz CT molecular complexity index is 481. The summed E-state index contributed by atoms with van der Waals surface area (Å²) in [6.07, 6.45) is 6.94. The van der Waals surface area contributed by atoms with Crippen LogP contribution in [0.5, 0.6) is 0 Å². The molecule has 2 saturated carbocycles. The third kappa shape index (κ3) is 2.86. The normalized spacial score (nSPS) is 32.3. The van der Waals surface area contributed by atoms with E-state index in [9.17, 15) is 4.79 Å². The Morgan fingerprint density at radius 2 is 2.00 bits per heavy atom. The van der Waals surface area contributed by atoms with Crippen molar-refractivity contribution in [1.29, 1.82) is 0 Å². The van der Waals surface area contributed by atoms with Gasteiger partial charge in [0.15, 0.2) is 0 Å². The summed E-state index contributed by atoms with van der Waals surface area (Å²) in [4.78, 5) is 15.1. The van der Waals surface area contributed by atoms with Gasteiger partial charge in [-0.1, -0.05) is 0 Å². The van der Waals surface area contributed by atoms with Gasteiger partial charge in [-0.05, 0) is 55.6 Å². The van der Waals surface area contributed by atoms with E-state index < -0.39 is 0 Å². The van der Waals surface area contributed by atoms with Gasteiger partial charge in [0.05, 0.1) is 12.8 Å². The molecule has 4 rings (SSSR count). The summed E-state index contributed by atoms with van der Waals surface area (Å²) < 4.78 is 5.29. The fourth-order valence-corrected chi connectivity index (χ4v) is 4.27. The lowest BCUT2D eigenvalue weighted by atomic mass is 9.84. The first kappa shape index (κ1) is 13.4. The zero-order valence-electron chi connectivity index (χ0n) is 12.5. The van der Waals surface area contributed by atoms with Crippen molar-refractivity contribution in [2.45, 2.75) is 32.2 Å². The monoisotopic (exact) mass is 288 g/mol. The molecular formula is C17H24N2O2. The van der Waals surface area contributed by atoms with Crippen LogP contribution in [-0.2, 0) is 11.3 Å². The summed E-state index contributed by atoms with van der Waals surface area (Å²) in [5.74, 6) is 3.40. The van der Waals surface area contributed by atoms with Gasteiger partial charge < -0.3 is 14.6 Å². The second kappa shape index (κ2) is 5.48. The largest absolute Gasteiger partial charge is 0.467 e. The average molecular weight is 288 g/mol. The van der Waals surface area contributed by atoms with E-state index in [1.165, 1.54) is 32.2 Å². The smallest absolute Gasteiger partial charge is 0.224 e. The molecule has 1 amide bonds. The molecule has 1 aromatic rings. The lowest BCUT2D eigenvalue weighted by molar-refractivity contribution is -0.129. The summed E-state index contributed by atoms with van der Waals surface area (Å²) in [5.41, 5.74) is 0. The maximum absolute atomic E-state index is 12.5. The molecule has 114 valence electrons. The first-order valence-corrected chi connectivity index (χ1v) is 8.32. The Labute approximate surface area is 125 Å². The van der Waals surface area contributed by atoms with E-state index in [-0.39, 0.29) is 11.8 Å². The zero-order chi connectivity index (χ0) is 14.2. The van der Waals surface area contributed by atoms with Gasteiger partial charge in [-0.15, -0.1) is 0 Å². The molecule has 2 heterocycles. The molecule has 3 aliphatic rings. The minimum absolute atomic E-state index is 0.232. The summed E-state index contributed by atoms with van der Waals surface area (Å²) >= 11 is 0. The number of furan rings is 1. The van der Waals surface area contributed by atoms with Crippen molar-refractivity contribution in [3.8, 4) is 0 Å². The molecule has 2 atom stereocenters. The number of nitrogens with one attached hydrogen (secondary N) is 1. The Morgan fingerprint density at radius 3 is 2.62 bits per heavy atom. The number of fused-ring (bicyclic) bond motifs is 2. The van der Waals surface area contributed by atoms with E-state index in [1.54, 1.807) is 6.26 Å². The topological polar surface area (TPSA) is 45.5 Å². The molecule has 2 bridgehead atoms. The van der Waals surface area contributed by atoms with E-state index in [2.05, 4.69) is 10.2 Å². The minimum atomic E-state index is 0.232. The van der Waals surface area contributed by atoms with Gasteiger partial charge in [-0.25, -0.2) is 0 Å². The molecule has 1 aromatic heterocycles. The third-order valence-corrected chi connectivity index (χ3v) is 5.44. The van der Waals surface area contributed by atoms with Gasteiger partial charge >= 0.3 is 0 Å². The minimum Gasteiger partial charge on any atom is -0.467 e. The van der Waals surface area contributed by atoms with Crippen LogP contribution in [0.15, 0.2) is 22.8 Å². The number of amides is 1. The Balaban J connectivity index is 1.34. The van der Waals surface area contributed by atoms with Gasteiger partial charge in [0.2, 0.25) is 5.91 Å². The number of nitrogens with zero attached hydrogens (tertiary/aromatic N) is 1. The predicted octanol–water partition coefficient (Wildman–Crippen LogP) is 2.26. The van der Waals surface area contributed by atoms with Crippen molar-refractivity contribution in [3.63, 3.8) is 0 Å². The van der Waals surface area contributed by atoms with Crippen molar-refractivity contribution >= 4 is 5.91 Å².